The molecule has 2 aromatic carbocycles. The molecule has 0 fully saturated rings. The molecule has 0 amide bonds. The van der Waals surface area contributed by atoms with Crippen molar-refractivity contribution in [3.05, 3.63) is 59.7 Å². The standard InChI is InChI=1S/C20H22O5/c1-25-19(23)20(24)11-16(18(22)17(21)12-20)9-7-13-6-8-14-4-2-3-5-15(14)10-13/h2-6,8,10-11,17-18,21-22,24H,7,9,12H2,1H3/t17-,18-,20+/m1/s1. The number of carbonyl (C=O) groups is 1. The third-order valence-corrected chi connectivity index (χ3v) is 4.74. The van der Waals surface area contributed by atoms with Crippen LogP contribution in [-0.4, -0.2) is 46.2 Å². The summed E-state index contributed by atoms with van der Waals surface area (Å²) in [5.74, 6) is -0.832. The van der Waals surface area contributed by atoms with Gasteiger partial charge in [-0.15, -0.1) is 0 Å². The molecule has 3 N–H and O–H groups in total. The summed E-state index contributed by atoms with van der Waals surface area (Å²) in [6, 6.07) is 14.2. The molecule has 0 spiro atoms. The Balaban J connectivity index is 1.80. The largest absolute Gasteiger partial charge is 0.467 e. The van der Waals surface area contributed by atoms with Crippen LogP contribution in [0.1, 0.15) is 18.4 Å². The molecule has 0 radical (unpaired) electrons. The predicted molar refractivity (Wildman–Crippen MR) is 93.9 cm³/mol. The van der Waals surface area contributed by atoms with Crippen LogP contribution in [0, 0.1) is 0 Å². The van der Waals surface area contributed by atoms with Crippen molar-refractivity contribution in [3.8, 4) is 0 Å². The van der Waals surface area contributed by atoms with Crippen LogP contribution in [0.15, 0.2) is 54.1 Å². The van der Waals surface area contributed by atoms with E-state index in [0.717, 1.165) is 16.3 Å². The van der Waals surface area contributed by atoms with Crippen molar-refractivity contribution in [1.29, 1.82) is 0 Å². The zero-order valence-electron chi connectivity index (χ0n) is 14.1. The Morgan fingerprint density at radius 3 is 2.60 bits per heavy atom. The van der Waals surface area contributed by atoms with Crippen molar-refractivity contribution in [3.63, 3.8) is 0 Å². The van der Waals surface area contributed by atoms with Crippen LogP contribution < -0.4 is 0 Å². The normalized spacial score (nSPS) is 26.3. The van der Waals surface area contributed by atoms with Crippen molar-refractivity contribution in [1.82, 2.24) is 0 Å². The maximum Gasteiger partial charge on any atom is 0.342 e. The van der Waals surface area contributed by atoms with Crippen LogP contribution in [0.3, 0.4) is 0 Å². The number of fused-ring (bicyclic) bond motifs is 1. The highest BCUT2D eigenvalue weighted by Gasteiger charge is 2.44. The Labute approximate surface area is 146 Å². The van der Waals surface area contributed by atoms with Gasteiger partial charge in [-0.1, -0.05) is 42.5 Å². The first-order valence-electron chi connectivity index (χ1n) is 8.29. The van der Waals surface area contributed by atoms with Crippen LogP contribution in [-0.2, 0) is 16.0 Å². The van der Waals surface area contributed by atoms with Crippen LogP contribution >= 0.6 is 0 Å². The molecular weight excluding hydrogens is 320 g/mol. The minimum atomic E-state index is -1.90. The van der Waals surface area contributed by atoms with E-state index in [0.29, 0.717) is 18.4 Å². The van der Waals surface area contributed by atoms with E-state index in [-0.39, 0.29) is 6.42 Å². The lowest BCUT2D eigenvalue weighted by Crippen LogP contribution is -2.48. The second-order valence-corrected chi connectivity index (χ2v) is 6.53. The Morgan fingerprint density at radius 2 is 1.88 bits per heavy atom. The molecule has 1 aliphatic rings. The molecule has 25 heavy (non-hydrogen) atoms. The van der Waals surface area contributed by atoms with Gasteiger partial charge in [0.15, 0.2) is 5.60 Å². The summed E-state index contributed by atoms with van der Waals surface area (Å²) in [6.07, 6.45) is -0.198. The van der Waals surface area contributed by atoms with Gasteiger partial charge in [-0.3, -0.25) is 0 Å². The lowest BCUT2D eigenvalue weighted by Gasteiger charge is -2.34. The molecule has 132 valence electrons. The summed E-state index contributed by atoms with van der Waals surface area (Å²) >= 11 is 0. The summed E-state index contributed by atoms with van der Waals surface area (Å²) < 4.78 is 4.61. The third kappa shape index (κ3) is 3.58. The molecule has 0 bridgehead atoms. The molecule has 0 aromatic heterocycles. The van der Waals surface area contributed by atoms with E-state index >= 15 is 0 Å². The lowest BCUT2D eigenvalue weighted by molar-refractivity contribution is -0.162. The smallest absolute Gasteiger partial charge is 0.342 e. The van der Waals surface area contributed by atoms with Crippen LogP contribution in [0.25, 0.3) is 10.8 Å². The zero-order chi connectivity index (χ0) is 18.0. The maximum atomic E-state index is 11.8. The first-order chi connectivity index (χ1) is 11.9. The van der Waals surface area contributed by atoms with Crippen LogP contribution in [0.2, 0.25) is 0 Å². The summed E-state index contributed by atoms with van der Waals surface area (Å²) in [5.41, 5.74) is -0.375. The van der Waals surface area contributed by atoms with E-state index in [9.17, 15) is 20.1 Å². The van der Waals surface area contributed by atoms with Crippen molar-refractivity contribution in [2.24, 2.45) is 0 Å². The summed E-state index contributed by atoms with van der Waals surface area (Å²) in [6.45, 7) is 0. The van der Waals surface area contributed by atoms with Gasteiger partial charge in [0.25, 0.3) is 0 Å². The predicted octanol–water partition coefficient (Wildman–Crippen LogP) is 1.73. The number of hydrogen-bond acceptors (Lipinski definition) is 5. The number of aliphatic hydroxyl groups excluding tert-OH is 2. The molecular formula is C20H22O5. The van der Waals surface area contributed by atoms with Gasteiger partial charge in [0.1, 0.15) is 6.10 Å². The zero-order valence-corrected chi connectivity index (χ0v) is 14.1. The summed E-state index contributed by atoms with van der Waals surface area (Å²) in [4.78, 5) is 11.8. The Kier molecular flexibility index (Phi) is 4.90. The average molecular weight is 342 g/mol. The fourth-order valence-electron chi connectivity index (χ4n) is 3.35. The van der Waals surface area contributed by atoms with E-state index in [1.54, 1.807) is 0 Å². The van der Waals surface area contributed by atoms with Gasteiger partial charge in [0.05, 0.1) is 13.2 Å². The molecule has 5 nitrogen and oxygen atoms in total. The van der Waals surface area contributed by atoms with Crippen LogP contribution in [0.5, 0.6) is 0 Å². The molecule has 0 unspecified atom stereocenters. The van der Waals surface area contributed by atoms with Gasteiger partial charge >= 0.3 is 5.97 Å². The number of carbonyl (C=O) groups excluding carboxylic acids is 1. The first kappa shape index (κ1) is 17.6. The Bertz CT molecular complexity index is 813. The van der Waals surface area contributed by atoms with Gasteiger partial charge in [-0.05, 0) is 40.8 Å². The highest BCUT2D eigenvalue weighted by Crippen LogP contribution is 2.31. The molecule has 0 saturated heterocycles. The van der Waals surface area contributed by atoms with Gasteiger partial charge in [-0.2, -0.15) is 0 Å². The fourth-order valence-corrected chi connectivity index (χ4v) is 3.35. The highest BCUT2D eigenvalue weighted by atomic mass is 16.5. The van der Waals surface area contributed by atoms with Gasteiger partial charge in [-0.25, -0.2) is 4.79 Å². The van der Waals surface area contributed by atoms with Gasteiger partial charge in [0, 0.05) is 6.42 Å². The van der Waals surface area contributed by atoms with Crippen LogP contribution in [0.4, 0.5) is 0 Å². The van der Waals surface area contributed by atoms with E-state index in [2.05, 4.69) is 10.8 Å². The fraction of sp³-hybridized carbons (Fsp3) is 0.350. The molecule has 0 aliphatic heterocycles. The minimum Gasteiger partial charge on any atom is -0.467 e. The third-order valence-electron chi connectivity index (χ3n) is 4.74. The van der Waals surface area contributed by atoms with E-state index in [1.165, 1.54) is 13.2 Å². The van der Waals surface area contributed by atoms with Crippen molar-refractivity contribution >= 4 is 16.7 Å². The number of hydrogen-bond donors (Lipinski definition) is 3. The van der Waals surface area contributed by atoms with E-state index < -0.39 is 23.8 Å². The van der Waals surface area contributed by atoms with E-state index in [1.807, 2.05) is 36.4 Å². The monoisotopic (exact) mass is 342 g/mol. The number of ether oxygens (including phenoxy) is 1. The molecule has 3 atom stereocenters. The minimum absolute atomic E-state index is 0.277. The molecule has 0 heterocycles. The second-order valence-electron chi connectivity index (χ2n) is 6.53. The molecule has 3 rings (SSSR count). The molecule has 5 heteroatoms. The summed E-state index contributed by atoms with van der Waals surface area (Å²) in [5, 5.41) is 32.9. The SMILES string of the molecule is COC(=O)[C@]1(O)C=C(CCc2ccc3ccccc3c2)[C@@H](O)[C@H](O)C1. The number of aliphatic hydroxyl groups is 3. The number of methoxy groups -OCH3 is 1. The summed E-state index contributed by atoms with van der Waals surface area (Å²) in [7, 11) is 1.18. The number of aryl methyl sites for hydroxylation is 1. The van der Waals surface area contributed by atoms with Gasteiger partial charge in [0.2, 0.25) is 0 Å². The maximum absolute atomic E-state index is 11.8. The topological polar surface area (TPSA) is 87.0 Å². The molecule has 1 aliphatic carbocycles. The van der Waals surface area contributed by atoms with Crippen molar-refractivity contribution in [2.75, 3.05) is 7.11 Å². The lowest BCUT2D eigenvalue weighted by atomic mass is 9.81. The van der Waals surface area contributed by atoms with Crippen molar-refractivity contribution < 1.29 is 24.9 Å². The average Bonchev–Trinajstić information content (AvgIpc) is 2.62. The van der Waals surface area contributed by atoms with E-state index in [4.69, 9.17) is 0 Å². The Hall–Kier alpha value is -2.21. The highest BCUT2D eigenvalue weighted by molar-refractivity contribution is 5.83. The van der Waals surface area contributed by atoms with Crippen molar-refractivity contribution in [2.45, 2.75) is 37.1 Å². The number of benzene rings is 2. The molecule has 0 saturated carbocycles. The Morgan fingerprint density at radius 1 is 1.16 bits per heavy atom. The molecule has 2 aromatic rings. The van der Waals surface area contributed by atoms with Gasteiger partial charge < -0.3 is 20.1 Å². The first-order valence-corrected chi connectivity index (χ1v) is 8.29. The number of esters is 1. The quantitative estimate of drug-likeness (QED) is 0.582. The second kappa shape index (κ2) is 6.96. The number of rotatable bonds is 4.